The number of hydrogen-bond donors (Lipinski definition) is 2. The zero-order valence-corrected chi connectivity index (χ0v) is 10.4. The molecule has 1 aliphatic carbocycles. The molecule has 0 aromatic heterocycles. The molecule has 5 heteroatoms. The highest BCUT2D eigenvalue weighted by molar-refractivity contribution is 7.91. The van der Waals surface area contributed by atoms with E-state index in [9.17, 15) is 13.5 Å². The second kappa shape index (κ2) is 4.31. The van der Waals surface area contributed by atoms with Crippen molar-refractivity contribution in [1.29, 1.82) is 0 Å². The van der Waals surface area contributed by atoms with E-state index in [1.54, 1.807) is 12.1 Å². The van der Waals surface area contributed by atoms with E-state index in [2.05, 4.69) is 0 Å². The van der Waals surface area contributed by atoms with Crippen LogP contribution in [0.2, 0.25) is 0 Å². The number of aromatic hydroxyl groups is 1. The van der Waals surface area contributed by atoms with Gasteiger partial charge in [-0.25, -0.2) is 8.42 Å². The normalized spacial score (nSPS) is 17.9. The average Bonchev–Trinajstić information content (AvgIpc) is 3.08. The van der Waals surface area contributed by atoms with Crippen LogP contribution in [0.15, 0.2) is 29.2 Å². The largest absolute Gasteiger partial charge is 0.507 e. The Morgan fingerprint density at radius 2 is 1.94 bits per heavy atom. The SMILES string of the molecule is NCC1(CCS(=O)(=O)c2ccccc2O)CC1. The maximum absolute atomic E-state index is 12.0. The topological polar surface area (TPSA) is 80.4 Å². The highest BCUT2D eigenvalue weighted by atomic mass is 32.2. The number of sulfone groups is 1. The standard InChI is InChI=1S/C12H17NO3S/c13-9-12(5-6-12)7-8-17(15,16)11-4-2-1-3-10(11)14/h1-4,14H,5-9,13H2. The lowest BCUT2D eigenvalue weighted by atomic mass is 10.1. The molecule has 1 aromatic carbocycles. The molecular weight excluding hydrogens is 238 g/mol. The van der Waals surface area contributed by atoms with E-state index in [-0.39, 0.29) is 21.8 Å². The Hall–Kier alpha value is -1.07. The van der Waals surface area contributed by atoms with Gasteiger partial charge in [0.15, 0.2) is 9.84 Å². The summed E-state index contributed by atoms with van der Waals surface area (Å²) in [7, 11) is -3.40. The van der Waals surface area contributed by atoms with Crippen molar-refractivity contribution in [1.82, 2.24) is 0 Å². The Morgan fingerprint density at radius 1 is 1.29 bits per heavy atom. The summed E-state index contributed by atoms with van der Waals surface area (Å²) < 4.78 is 24.1. The molecule has 2 rings (SSSR count). The van der Waals surface area contributed by atoms with Crippen molar-refractivity contribution in [3.05, 3.63) is 24.3 Å². The van der Waals surface area contributed by atoms with Crippen LogP contribution in [0.3, 0.4) is 0 Å². The van der Waals surface area contributed by atoms with Crippen LogP contribution in [0.25, 0.3) is 0 Å². The Bertz CT molecular complexity index is 506. The fourth-order valence-corrected chi connectivity index (χ4v) is 3.51. The quantitative estimate of drug-likeness (QED) is 0.831. The smallest absolute Gasteiger partial charge is 0.182 e. The van der Waals surface area contributed by atoms with Crippen LogP contribution in [-0.2, 0) is 9.84 Å². The summed E-state index contributed by atoms with van der Waals surface area (Å²) in [6, 6.07) is 6.05. The van der Waals surface area contributed by atoms with Gasteiger partial charge >= 0.3 is 0 Å². The molecule has 1 aliphatic rings. The van der Waals surface area contributed by atoms with Crippen molar-refractivity contribution in [2.75, 3.05) is 12.3 Å². The molecule has 94 valence electrons. The molecule has 1 aromatic rings. The molecule has 17 heavy (non-hydrogen) atoms. The molecule has 0 heterocycles. The zero-order valence-electron chi connectivity index (χ0n) is 9.59. The first-order valence-corrected chi connectivity index (χ1v) is 7.35. The third kappa shape index (κ3) is 2.61. The lowest BCUT2D eigenvalue weighted by Gasteiger charge is -2.12. The molecule has 3 N–H and O–H groups in total. The van der Waals surface area contributed by atoms with E-state index in [1.807, 2.05) is 0 Å². The van der Waals surface area contributed by atoms with Gasteiger partial charge < -0.3 is 10.8 Å². The number of phenolic OH excluding ortho intramolecular Hbond substituents is 1. The summed E-state index contributed by atoms with van der Waals surface area (Å²) in [6.07, 6.45) is 2.61. The first kappa shape index (κ1) is 12.4. The minimum absolute atomic E-state index is 0.0211. The van der Waals surface area contributed by atoms with Crippen molar-refractivity contribution in [3.63, 3.8) is 0 Å². The van der Waals surface area contributed by atoms with Crippen molar-refractivity contribution < 1.29 is 13.5 Å². The summed E-state index contributed by atoms with van der Waals surface area (Å²) in [6.45, 7) is 0.545. The van der Waals surface area contributed by atoms with E-state index < -0.39 is 9.84 Å². The van der Waals surface area contributed by atoms with Crippen molar-refractivity contribution in [3.8, 4) is 5.75 Å². The number of benzene rings is 1. The van der Waals surface area contributed by atoms with E-state index in [0.29, 0.717) is 13.0 Å². The molecule has 1 saturated carbocycles. The monoisotopic (exact) mass is 255 g/mol. The fraction of sp³-hybridized carbons (Fsp3) is 0.500. The number of hydrogen-bond acceptors (Lipinski definition) is 4. The van der Waals surface area contributed by atoms with Gasteiger partial charge in [0.2, 0.25) is 0 Å². The molecule has 4 nitrogen and oxygen atoms in total. The zero-order chi connectivity index (χ0) is 12.5. The highest BCUT2D eigenvalue weighted by Gasteiger charge is 2.41. The van der Waals surface area contributed by atoms with Crippen molar-refractivity contribution >= 4 is 9.84 Å². The predicted molar refractivity (Wildman–Crippen MR) is 65.5 cm³/mol. The fourth-order valence-electron chi connectivity index (χ4n) is 1.91. The van der Waals surface area contributed by atoms with Crippen molar-refractivity contribution in [2.45, 2.75) is 24.2 Å². The molecule has 0 bridgehead atoms. The van der Waals surface area contributed by atoms with Gasteiger partial charge in [0.25, 0.3) is 0 Å². The summed E-state index contributed by atoms with van der Waals surface area (Å²) in [5, 5.41) is 9.54. The number of phenols is 1. The maximum atomic E-state index is 12.0. The average molecular weight is 255 g/mol. The van der Waals surface area contributed by atoms with Crippen LogP contribution in [0, 0.1) is 5.41 Å². The van der Waals surface area contributed by atoms with Gasteiger partial charge in [-0.15, -0.1) is 0 Å². The van der Waals surface area contributed by atoms with Gasteiger partial charge in [-0.1, -0.05) is 12.1 Å². The van der Waals surface area contributed by atoms with Gasteiger partial charge in [-0.05, 0) is 43.4 Å². The molecule has 0 spiro atoms. The molecule has 0 radical (unpaired) electrons. The highest BCUT2D eigenvalue weighted by Crippen LogP contribution is 2.48. The van der Waals surface area contributed by atoms with Crippen LogP contribution < -0.4 is 5.73 Å². The van der Waals surface area contributed by atoms with Crippen LogP contribution in [-0.4, -0.2) is 25.8 Å². The Morgan fingerprint density at radius 3 is 2.47 bits per heavy atom. The van der Waals surface area contributed by atoms with E-state index in [0.717, 1.165) is 12.8 Å². The van der Waals surface area contributed by atoms with Gasteiger partial charge in [0.1, 0.15) is 10.6 Å². The third-order valence-corrected chi connectivity index (χ3v) is 5.25. The third-order valence-electron chi connectivity index (χ3n) is 3.49. The van der Waals surface area contributed by atoms with Gasteiger partial charge in [0.05, 0.1) is 5.75 Å². The van der Waals surface area contributed by atoms with Crippen LogP contribution in [0.1, 0.15) is 19.3 Å². The predicted octanol–water partition coefficient (Wildman–Crippen LogP) is 1.29. The molecule has 0 saturated heterocycles. The Balaban J connectivity index is 2.12. The molecule has 0 atom stereocenters. The summed E-state index contributed by atoms with van der Waals surface area (Å²) in [4.78, 5) is 0.0211. The van der Waals surface area contributed by atoms with Gasteiger partial charge in [-0.3, -0.25) is 0 Å². The number of rotatable bonds is 5. The van der Waals surface area contributed by atoms with E-state index in [4.69, 9.17) is 5.73 Å². The minimum atomic E-state index is -3.40. The molecule has 0 unspecified atom stereocenters. The van der Waals surface area contributed by atoms with Crippen LogP contribution in [0.4, 0.5) is 0 Å². The Kier molecular flexibility index (Phi) is 3.14. The first-order chi connectivity index (χ1) is 7.99. The lowest BCUT2D eigenvalue weighted by Crippen LogP contribution is -2.19. The molecule has 0 aliphatic heterocycles. The summed E-state index contributed by atoms with van der Waals surface area (Å²) in [5.41, 5.74) is 5.66. The Labute approximate surface area is 101 Å². The second-order valence-electron chi connectivity index (χ2n) is 4.74. The summed E-state index contributed by atoms with van der Waals surface area (Å²) in [5.74, 6) is -0.119. The van der Waals surface area contributed by atoms with Crippen molar-refractivity contribution in [2.24, 2.45) is 11.1 Å². The molecule has 1 fully saturated rings. The van der Waals surface area contributed by atoms with Gasteiger partial charge in [0, 0.05) is 0 Å². The number of para-hydroxylation sites is 1. The van der Waals surface area contributed by atoms with E-state index in [1.165, 1.54) is 12.1 Å². The lowest BCUT2D eigenvalue weighted by molar-refractivity contribution is 0.457. The van der Waals surface area contributed by atoms with E-state index >= 15 is 0 Å². The van der Waals surface area contributed by atoms with Crippen LogP contribution in [0.5, 0.6) is 5.75 Å². The first-order valence-electron chi connectivity index (χ1n) is 5.70. The summed E-state index contributed by atoms with van der Waals surface area (Å²) >= 11 is 0. The number of nitrogens with two attached hydrogens (primary N) is 1. The molecule has 0 amide bonds. The molecular formula is C12H17NO3S. The van der Waals surface area contributed by atoms with Gasteiger partial charge in [-0.2, -0.15) is 0 Å². The second-order valence-corrected chi connectivity index (χ2v) is 6.82. The maximum Gasteiger partial charge on any atom is 0.182 e. The minimum Gasteiger partial charge on any atom is -0.507 e. The van der Waals surface area contributed by atoms with Crippen LogP contribution >= 0.6 is 0 Å².